The fourth-order valence-corrected chi connectivity index (χ4v) is 2.37. The molecule has 8 heteroatoms. The number of fused-ring (bicyclic) bond motifs is 1. The molecular formula is C15H16N6O2. The van der Waals surface area contributed by atoms with E-state index in [9.17, 15) is 4.79 Å². The summed E-state index contributed by atoms with van der Waals surface area (Å²) in [6.45, 7) is 0.287. The summed E-state index contributed by atoms with van der Waals surface area (Å²) in [6, 6.07) is 8.45. The van der Waals surface area contributed by atoms with E-state index in [1.54, 1.807) is 10.9 Å². The van der Waals surface area contributed by atoms with Gasteiger partial charge in [-0.1, -0.05) is 30.3 Å². The number of aromatic nitrogens is 4. The van der Waals surface area contributed by atoms with E-state index in [-0.39, 0.29) is 6.61 Å². The van der Waals surface area contributed by atoms with E-state index < -0.39 is 11.9 Å². The second-order valence-corrected chi connectivity index (χ2v) is 4.94. The molecule has 0 saturated carbocycles. The van der Waals surface area contributed by atoms with Crippen LogP contribution in [0.1, 0.15) is 11.6 Å². The average molecular weight is 312 g/mol. The van der Waals surface area contributed by atoms with Crippen LogP contribution in [0.25, 0.3) is 11.0 Å². The van der Waals surface area contributed by atoms with Crippen molar-refractivity contribution >= 4 is 22.8 Å². The molecule has 0 radical (unpaired) electrons. The number of nitrogens with two attached hydrogens (primary N) is 1. The third-order valence-electron chi connectivity index (χ3n) is 3.44. The fourth-order valence-electron chi connectivity index (χ4n) is 2.37. The zero-order valence-electron chi connectivity index (χ0n) is 12.3. The van der Waals surface area contributed by atoms with E-state index in [0.717, 1.165) is 5.56 Å². The Labute approximate surface area is 132 Å². The first-order valence-electron chi connectivity index (χ1n) is 7.09. The second-order valence-electron chi connectivity index (χ2n) is 4.94. The molecule has 0 unspecified atom stereocenters. The summed E-state index contributed by atoms with van der Waals surface area (Å²) in [5, 5.41) is 16.9. The molecule has 8 nitrogen and oxygen atoms in total. The molecule has 3 rings (SSSR count). The highest BCUT2D eigenvalue weighted by molar-refractivity contribution is 5.90. The molecule has 118 valence electrons. The Bertz CT molecular complexity index is 817. The van der Waals surface area contributed by atoms with Crippen molar-refractivity contribution < 1.29 is 9.90 Å². The quantitative estimate of drug-likeness (QED) is 0.608. The lowest BCUT2D eigenvalue weighted by Crippen LogP contribution is -2.28. The van der Waals surface area contributed by atoms with Crippen LogP contribution in [0.15, 0.2) is 42.9 Å². The van der Waals surface area contributed by atoms with E-state index in [2.05, 4.69) is 20.4 Å². The van der Waals surface area contributed by atoms with Gasteiger partial charge in [0.15, 0.2) is 5.65 Å². The number of carbonyl (C=O) groups excluding carboxylic acids is 1. The maximum absolute atomic E-state index is 11.8. The number of amides is 1. The van der Waals surface area contributed by atoms with Crippen LogP contribution >= 0.6 is 0 Å². The first-order chi connectivity index (χ1) is 11.2. The Kier molecular flexibility index (Phi) is 4.15. The number of primary amides is 1. The molecule has 0 fully saturated rings. The number of aliphatic hydroxyl groups is 1. The number of benzene rings is 1. The van der Waals surface area contributed by atoms with E-state index in [0.29, 0.717) is 23.4 Å². The minimum atomic E-state index is -0.713. The van der Waals surface area contributed by atoms with Gasteiger partial charge in [-0.3, -0.25) is 4.79 Å². The Morgan fingerprint density at radius 2 is 2.09 bits per heavy atom. The van der Waals surface area contributed by atoms with Crippen LogP contribution in [0.5, 0.6) is 0 Å². The predicted molar refractivity (Wildman–Crippen MR) is 84.4 cm³/mol. The Morgan fingerprint density at radius 1 is 1.30 bits per heavy atom. The van der Waals surface area contributed by atoms with Crippen molar-refractivity contribution in [1.29, 1.82) is 0 Å². The minimum Gasteiger partial charge on any atom is -0.394 e. The van der Waals surface area contributed by atoms with Crippen molar-refractivity contribution in [3.63, 3.8) is 0 Å². The third-order valence-corrected chi connectivity index (χ3v) is 3.44. The zero-order valence-corrected chi connectivity index (χ0v) is 12.3. The van der Waals surface area contributed by atoms with E-state index >= 15 is 0 Å². The number of anilines is 1. The Hall–Kier alpha value is -3.00. The molecule has 23 heavy (non-hydrogen) atoms. The van der Waals surface area contributed by atoms with Crippen molar-refractivity contribution in [3.8, 4) is 0 Å². The lowest BCUT2D eigenvalue weighted by atomic mass is 10.1. The van der Waals surface area contributed by atoms with Gasteiger partial charge >= 0.3 is 0 Å². The molecule has 2 heterocycles. The van der Waals surface area contributed by atoms with Crippen LogP contribution < -0.4 is 11.1 Å². The van der Waals surface area contributed by atoms with Gasteiger partial charge in [-0.2, -0.15) is 5.10 Å². The summed E-state index contributed by atoms with van der Waals surface area (Å²) in [5.74, 6) is -0.0439. The molecule has 1 aromatic carbocycles. The van der Waals surface area contributed by atoms with Gasteiger partial charge < -0.3 is 16.2 Å². The van der Waals surface area contributed by atoms with Crippen LogP contribution in [0.3, 0.4) is 0 Å². The number of nitrogens with one attached hydrogen (secondary N) is 1. The first kappa shape index (κ1) is 14.9. The maximum Gasteiger partial charge on any atom is 0.244 e. The predicted octanol–water partition coefficient (Wildman–Crippen LogP) is 0.457. The van der Waals surface area contributed by atoms with Crippen LogP contribution in [0.2, 0.25) is 0 Å². The largest absolute Gasteiger partial charge is 0.394 e. The summed E-state index contributed by atoms with van der Waals surface area (Å²) in [6.07, 6.45) is 2.97. The van der Waals surface area contributed by atoms with Crippen LogP contribution in [0, 0.1) is 0 Å². The molecule has 3 aromatic rings. The number of aliphatic hydroxyl groups excluding tert-OH is 1. The van der Waals surface area contributed by atoms with Crippen molar-refractivity contribution in [2.75, 3.05) is 11.9 Å². The molecule has 0 aliphatic carbocycles. The molecule has 0 saturated heterocycles. The highest BCUT2D eigenvalue weighted by atomic mass is 16.3. The van der Waals surface area contributed by atoms with Crippen LogP contribution in [-0.4, -0.2) is 37.4 Å². The maximum atomic E-state index is 11.8. The van der Waals surface area contributed by atoms with Gasteiger partial charge in [0.05, 0.1) is 24.7 Å². The van der Waals surface area contributed by atoms with Crippen LogP contribution in [-0.2, 0) is 11.3 Å². The lowest BCUT2D eigenvalue weighted by Gasteiger charge is -2.16. The zero-order chi connectivity index (χ0) is 16.2. The van der Waals surface area contributed by atoms with Crippen molar-refractivity contribution in [1.82, 2.24) is 19.7 Å². The van der Waals surface area contributed by atoms with Crippen molar-refractivity contribution in [2.45, 2.75) is 12.6 Å². The van der Waals surface area contributed by atoms with Gasteiger partial charge in [-0.05, 0) is 5.56 Å². The normalized spacial score (nSPS) is 12.2. The molecule has 2 aromatic heterocycles. The standard InChI is InChI=1S/C15H16N6O2/c16-13(23)12(10-4-2-1-3-5-10)20-14-11-8-19-21(6-7-22)15(11)18-9-17-14/h1-5,8-9,12,22H,6-7H2,(H2,16,23)(H,17,18,20)/t12-/m0/s1. The summed E-state index contributed by atoms with van der Waals surface area (Å²) in [4.78, 5) is 20.2. The summed E-state index contributed by atoms with van der Waals surface area (Å²) in [5.41, 5.74) is 6.84. The molecule has 0 spiro atoms. The highest BCUT2D eigenvalue weighted by Crippen LogP contribution is 2.23. The molecule has 0 aliphatic rings. The first-order valence-corrected chi connectivity index (χ1v) is 7.09. The minimum absolute atomic E-state index is 0.0442. The monoisotopic (exact) mass is 312 g/mol. The van der Waals surface area contributed by atoms with Gasteiger partial charge in [0.2, 0.25) is 5.91 Å². The average Bonchev–Trinajstić information content (AvgIpc) is 2.97. The summed E-state index contributed by atoms with van der Waals surface area (Å²) in [7, 11) is 0. The fraction of sp³-hybridized carbons (Fsp3) is 0.200. The number of nitrogens with zero attached hydrogens (tertiary/aromatic N) is 4. The highest BCUT2D eigenvalue weighted by Gasteiger charge is 2.20. The van der Waals surface area contributed by atoms with Gasteiger partial charge in [-0.15, -0.1) is 0 Å². The number of rotatable bonds is 6. The van der Waals surface area contributed by atoms with E-state index in [4.69, 9.17) is 10.8 Å². The van der Waals surface area contributed by atoms with Gasteiger partial charge in [-0.25, -0.2) is 14.6 Å². The molecule has 0 aliphatic heterocycles. The number of hydrogen-bond acceptors (Lipinski definition) is 6. The summed E-state index contributed by atoms with van der Waals surface area (Å²) < 4.78 is 1.57. The summed E-state index contributed by atoms with van der Waals surface area (Å²) >= 11 is 0. The van der Waals surface area contributed by atoms with Crippen molar-refractivity contribution in [3.05, 3.63) is 48.4 Å². The van der Waals surface area contributed by atoms with Gasteiger partial charge in [0.25, 0.3) is 0 Å². The Morgan fingerprint density at radius 3 is 2.78 bits per heavy atom. The van der Waals surface area contributed by atoms with Crippen LogP contribution in [0.4, 0.5) is 5.82 Å². The molecule has 1 amide bonds. The van der Waals surface area contributed by atoms with E-state index in [1.807, 2.05) is 30.3 Å². The third kappa shape index (κ3) is 2.97. The van der Waals surface area contributed by atoms with E-state index in [1.165, 1.54) is 6.33 Å². The SMILES string of the molecule is NC(=O)[C@@H](Nc1ncnc2c1cnn2CCO)c1ccccc1. The van der Waals surface area contributed by atoms with Gasteiger partial charge in [0.1, 0.15) is 18.2 Å². The van der Waals surface area contributed by atoms with Crippen molar-refractivity contribution in [2.24, 2.45) is 5.73 Å². The smallest absolute Gasteiger partial charge is 0.244 e. The lowest BCUT2D eigenvalue weighted by molar-refractivity contribution is -0.118. The Balaban J connectivity index is 1.98. The number of carbonyl (C=O) groups is 1. The molecule has 1 atom stereocenters. The topological polar surface area (TPSA) is 119 Å². The molecule has 0 bridgehead atoms. The van der Waals surface area contributed by atoms with Gasteiger partial charge in [0, 0.05) is 0 Å². The number of hydrogen-bond donors (Lipinski definition) is 3. The second kappa shape index (κ2) is 6.41. The molecule has 4 N–H and O–H groups in total. The molecular weight excluding hydrogens is 296 g/mol.